The monoisotopic (exact) mass is 435 g/mol. The van der Waals surface area contributed by atoms with Crippen molar-refractivity contribution in [2.75, 3.05) is 12.0 Å². The molecule has 0 spiro atoms. The summed E-state index contributed by atoms with van der Waals surface area (Å²) in [5, 5.41) is 3.76. The largest absolute Gasteiger partial charge is 0.454 e. The molecular weight excluding hydrogens is 414 g/mol. The van der Waals surface area contributed by atoms with Gasteiger partial charge in [-0.15, -0.1) is 0 Å². The van der Waals surface area contributed by atoms with E-state index in [2.05, 4.69) is 10.1 Å². The molecule has 160 valence electrons. The van der Waals surface area contributed by atoms with Gasteiger partial charge in [0, 0.05) is 12.2 Å². The molecule has 0 saturated heterocycles. The predicted octanol–water partition coefficient (Wildman–Crippen LogP) is 1.34. The van der Waals surface area contributed by atoms with Gasteiger partial charge in [0.25, 0.3) is 17.7 Å². The van der Waals surface area contributed by atoms with Gasteiger partial charge in [0.2, 0.25) is 0 Å². The molecule has 11 heteroatoms. The molecular formula is C19H21N3O7S. The fourth-order valence-electron chi connectivity index (χ4n) is 2.96. The van der Waals surface area contributed by atoms with E-state index in [0.29, 0.717) is 5.82 Å². The Labute approximate surface area is 173 Å². The van der Waals surface area contributed by atoms with Gasteiger partial charge in [-0.1, -0.05) is 31.1 Å². The summed E-state index contributed by atoms with van der Waals surface area (Å²) in [6.07, 6.45) is 0.716. The summed E-state index contributed by atoms with van der Waals surface area (Å²) in [7, 11) is -3.46. The quantitative estimate of drug-likeness (QED) is 0.444. The molecule has 0 radical (unpaired) electrons. The number of hydrogen-bond donors (Lipinski definition) is 0. The molecule has 0 aliphatic carbocycles. The Kier molecular flexibility index (Phi) is 6.01. The highest BCUT2D eigenvalue weighted by Crippen LogP contribution is 2.26. The lowest BCUT2D eigenvalue weighted by Crippen LogP contribution is -2.46. The SMILES string of the molecule is CC(C)c1noc(COC(=O)C(CCS(C)(=O)=O)N2C(=O)c3ccccc3C2=O)n1. The van der Waals surface area contributed by atoms with Crippen molar-refractivity contribution in [3.05, 3.63) is 47.1 Å². The summed E-state index contributed by atoms with van der Waals surface area (Å²) in [6.45, 7) is 3.37. The van der Waals surface area contributed by atoms with Crippen LogP contribution in [0.5, 0.6) is 0 Å². The summed E-state index contributed by atoms with van der Waals surface area (Å²) >= 11 is 0. The Morgan fingerprint density at radius 1 is 1.17 bits per heavy atom. The molecule has 1 aliphatic heterocycles. The molecule has 0 N–H and O–H groups in total. The van der Waals surface area contributed by atoms with Crippen LogP contribution in [0.25, 0.3) is 0 Å². The maximum absolute atomic E-state index is 12.8. The summed E-state index contributed by atoms with van der Waals surface area (Å²) < 4.78 is 33.4. The zero-order valence-electron chi connectivity index (χ0n) is 16.7. The second kappa shape index (κ2) is 8.34. The van der Waals surface area contributed by atoms with Crippen molar-refractivity contribution in [1.29, 1.82) is 0 Å². The van der Waals surface area contributed by atoms with Gasteiger partial charge in [0.1, 0.15) is 15.9 Å². The van der Waals surface area contributed by atoms with Crippen LogP contribution in [0.3, 0.4) is 0 Å². The first-order valence-electron chi connectivity index (χ1n) is 9.22. The van der Waals surface area contributed by atoms with Crippen molar-refractivity contribution in [3.8, 4) is 0 Å². The van der Waals surface area contributed by atoms with E-state index < -0.39 is 39.4 Å². The number of benzene rings is 1. The molecule has 30 heavy (non-hydrogen) atoms. The summed E-state index contributed by atoms with van der Waals surface area (Å²) in [5.74, 6) is -2.18. The van der Waals surface area contributed by atoms with Gasteiger partial charge >= 0.3 is 5.97 Å². The number of carbonyl (C=O) groups excluding carboxylic acids is 3. The Hall–Kier alpha value is -3.08. The molecule has 1 atom stereocenters. The van der Waals surface area contributed by atoms with Crippen LogP contribution in [-0.4, -0.2) is 59.3 Å². The Morgan fingerprint density at radius 2 is 1.77 bits per heavy atom. The summed E-state index contributed by atoms with van der Waals surface area (Å²) in [6, 6.07) is 4.74. The van der Waals surface area contributed by atoms with Crippen molar-refractivity contribution in [2.45, 2.75) is 38.8 Å². The lowest BCUT2D eigenvalue weighted by molar-refractivity contribution is -0.150. The second-order valence-electron chi connectivity index (χ2n) is 7.27. The highest BCUT2D eigenvalue weighted by atomic mass is 32.2. The molecule has 0 saturated carbocycles. The van der Waals surface area contributed by atoms with Crippen LogP contribution in [0.1, 0.15) is 58.6 Å². The average Bonchev–Trinajstić information content (AvgIpc) is 3.25. The van der Waals surface area contributed by atoms with Gasteiger partial charge in [-0.2, -0.15) is 4.98 Å². The minimum Gasteiger partial charge on any atom is -0.454 e. The predicted molar refractivity (Wildman–Crippen MR) is 103 cm³/mol. The molecule has 1 aliphatic rings. The Bertz CT molecular complexity index is 1060. The number of amides is 2. The van der Waals surface area contributed by atoms with Gasteiger partial charge < -0.3 is 9.26 Å². The van der Waals surface area contributed by atoms with Gasteiger partial charge in [0.05, 0.1) is 16.9 Å². The van der Waals surface area contributed by atoms with Crippen molar-refractivity contribution in [2.24, 2.45) is 0 Å². The first-order chi connectivity index (χ1) is 14.1. The zero-order chi connectivity index (χ0) is 22.1. The van der Waals surface area contributed by atoms with E-state index in [4.69, 9.17) is 9.26 Å². The number of rotatable bonds is 8. The minimum absolute atomic E-state index is 0.0130. The molecule has 0 fully saturated rings. The number of imide groups is 1. The number of aromatic nitrogens is 2. The van der Waals surface area contributed by atoms with Crippen LogP contribution < -0.4 is 0 Å². The van der Waals surface area contributed by atoms with Crippen LogP contribution in [-0.2, 0) is 26.0 Å². The lowest BCUT2D eigenvalue weighted by Gasteiger charge is -2.24. The fourth-order valence-corrected chi connectivity index (χ4v) is 3.61. The van der Waals surface area contributed by atoms with Crippen LogP contribution in [0.2, 0.25) is 0 Å². The molecule has 3 rings (SSSR count). The molecule has 2 heterocycles. The highest BCUT2D eigenvalue weighted by molar-refractivity contribution is 7.90. The Balaban J connectivity index is 1.81. The van der Waals surface area contributed by atoms with E-state index in [1.165, 1.54) is 12.1 Å². The van der Waals surface area contributed by atoms with Crippen LogP contribution in [0, 0.1) is 0 Å². The van der Waals surface area contributed by atoms with Crippen LogP contribution in [0.15, 0.2) is 28.8 Å². The fraction of sp³-hybridized carbons (Fsp3) is 0.421. The summed E-state index contributed by atoms with van der Waals surface area (Å²) in [4.78, 5) is 43.1. The number of fused-ring (bicyclic) bond motifs is 1. The molecule has 10 nitrogen and oxygen atoms in total. The standard InChI is InChI=1S/C19H21N3O7S/c1-11(2)16-20-15(29-21-16)10-28-19(25)14(8-9-30(3,26)27)22-17(23)12-6-4-5-7-13(12)18(22)24/h4-7,11,14H,8-10H2,1-3H3. The van der Waals surface area contributed by atoms with Gasteiger partial charge in [-0.3, -0.25) is 14.5 Å². The van der Waals surface area contributed by atoms with Gasteiger partial charge in [-0.25, -0.2) is 13.2 Å². The maximum atomic E-state index is 12.8. The van der Waals surface area contributed by atoms with Gasteiger partial charge in [-0.05, 0) is 18.6 Å². The number of nitrogens with zero attached hydrogens (tertiary/aromatic N) is 3. The van der Waals surface area contributed by atoms with Crippen molar-refractivity contribution < 1.29 is 32.1 Å². The van der Waals surface area contributed by atoms with Gasteiger partial charge in [0.15, 0.2) is 12.4 Å². The Morgan fingerprint density at radius 3 is 2.27 bits per heavy atom. The topological polar surface area (TPSA) is 137 Å². The number of esters is 1. The normalized spacial score (nSPS) is 14.9. The van der Waals surface area contributed by atoms with E-state index in [1.807, 2.05) is 13.8 Å². The first-order valence-corrected chi connectivity index (χ1v) is 11.3. The zero-order valence-corrected chi connectivity index (χ0v) is 17.5. The third-order valence-corrected chi connectivity index (χ3v) is 5.49. The average molecular weight is 435 g/mol. The lowest BCUT2D eigenvalue weighted by atomic mass is 10.1. The highest BCUT2D eigenvalue weighted by Gasteiger charge is 2.43. The van der Waals surface area contributed by atoms with Crippen LogP contribution >= 0.6 is 0 Å². The maximum Gasteiger partial charge on any atom is 0.329 e. The first kappa shape index (κ1) is 21.6. The van der Waals surface area contributed by atoms with Crippen molar-refractivity contribution >= 4 is 27.6 Å². The molecule has 1 aromatic carbocycles. The molecule has 0 bridgehead atoms. The number of ether oxygens (including phenoxy) is 1. The molecule has 1 unspecified atom stereocenters. The van der Waals surface area contributed by atoms with E-state index >= 15 is 0 Å². The van der Waals surface area contributed by atoms with E-state index in [0.717, 1.165) is 11.2 Å². The molecule has 2 amide bonds. The smallest absolute Gasteiger partial charge is 0.329 e. The van der Waals surface area contributed by atoms with E-state index in [1.54, 1.807) is 12.1 Å². The van der Waals surface area contributed by atoms with Crippen LogP contribution in [0.4, 0.5) is 0 Å². The third kappa shape index (κ3) is 4.56. The van der Waals surface area contributed by atoms with Crippen molar-refractivity contribution in [3.63, 3.8) is 0 Å². The molecule has 2 aromatic rings. The number of carbonyl (C=O) groups is 3. The number of sulfone groups is 1. The second-order valence-corrected chi connectivity index (χ2v) is 9.53. The summed E-state index contributed by atoms with van der Waals surface area (Å²) in [5.41, 5.74) is 0.302. The van der Waals surface area contributed by atoms with Crippen molar-refractivity contribution in [1.82, 2.24) is 15.0 Å². The number of hydrogen-bond acceptors (Lipinski definition) is 9. The molecule has 1 aromatic heterocycles. The third-order valence-electron chi connectivity index (χ3n) is 4.51. The van der Waals surface area contributed by atoms with E-state index in [9.17, 15) is 22.8 Å². The minimum atomic E-state index is -3.46. The van der Waals surface area contributed by atoms with E-state index in [-0.39, 0.29) is 36.0 Å².